The van der Waals surface area contributed by atoms with Gasteiger partial charge in [-0.15, -0.1) is 0 Å². The van der Waals surface area contributed by atoms with Crippen molar-refractivity contribution in [1.29, 1.82) is 0 Å². The molecule has 4 heteroatoms. The van der Waals surface area contributed by atoms with Gasteiger partial charge in [0.15, 0.2) is 0 Å². The molecule has 0 N–H and O–H groups in total. The lowest BCUT2D eigenvalue weighted by Gasteiger charge is -2.34. The summed E-state index contributed by atoms with van der Waals surface area (Å²) >= 11 is 0. The van der Waals surface area contributed by atoms with Crippen molar-refractivity contribution in [1.82, 2.24) is 9.80 Å². The number of nitrogens with zero attached hydrogens (tertiary/aromatic N) is 2. The van der Waals surface area contributed by atoms with Crippen LogP contribution >= 0.6 is 0 Å². The Labute approximate surface area is 92.2 Å². The molecule has 88 valence electrons. The van der Waals surface area contributed by atoms with E-state index in [1.54, 1.807) is 11.8 Å². The largest absolute Gasteiger partial charge is 0.339 e. The van der Waals surface area contributed by atoms with Crippen LogP contribution in [0.3, 0.4) is 0 Å². The zero-order valence-corrected chi connectivity index (χ0v) is 10.2. The van der Waals surface area contributed by atoms with Crippen molar-refractivity contribution in [2.45, 2.75) is 34.1 Å². The van der Waals surface area contributed by atoms with Gasteiger partial charge < -0.3 is 9.80 Å². The third-order valence-electron chi connectivity index (χ3n) is 2.38. The van der Waals surface area contributed by atoms with Crippen LogP contribution < -0.4 is 0 Å². The smallest absolute Gasteiger partial charge is 0.222 e. The Morgan fingerprint density at radius 1 is 1.00 bits per heavy atom. The Morgan fingerprint density at radius 2 is 1.40 bits per heavy atom. The fourth-order valence-corrected chi connectivity index (χ4v) is 1.49. The number of piperazine rings is 1. The van der Waals surface area contributed by atoms with Crippen molar-refractivity contribution in [3.05, 3.63) is 0 Å². The van der Waals surface area contributed by atoms with Gasteiger partial charge in [-0.2, -0.15) is 0 Å². The highest BCUT2D eigenvalue weighted by molar-refractivity contribution is 5.77. The number of amides is 2. The summed E-state index contributed by atoms with van der Waals surface area (Å²) in [5.74, 6) is 0.284. The molecule has 0 aromatic heterocycles. The average molecular weight is 214 g/mol. The average Bonchev–Trinajstić information content (AvgIpc) is 2.31. The molecule has 1 aliphatic rings. The molecular formula is C11H22N2O2. The van der Waals surface area contributed by atoms with E-state index in [1.165, 1.54) is 0 Å². The summed E-state index contributed by atoms with van der Waals surface area (Å²) in [6, 6.07) is 0. The highest BCUT2D eigenvalue weighted by atomic mass is 16.2. The fourth-order valence-electron chi connectivity index (χ4n) is 1.49. The first-order valence-electron chi connectivity index (χ1n) is 5.68. The maximum Gasteiger partial charge on any atom is 0.222 e. The number of carbonyl (C=O) groups is 2. The lowest BCUT2D eigenvalue weighted by Crippen LogP contribution is -2.49. The van der Waals surface area contributed by atoms with E-state index >= 15 is 0 Å². The number of carbonyl (C=O) groups excluding carboxylic acids is 2. The van der Waals surface area contributed by atoms with Crippen LogP contribution in [0.1, 0.15) is 34.1 Å². The molecule has 1 aliphatic heterocycles. The molecule has 1 fully saturated rings. The summed E-state index contributed by atoms with van der Waals surface area (Å²) in [5, 5.41) is 0. The number of hydrogen-bond donors (Lipinski definition) is 0. The quantitative estimate of drug-likeness (QED) is 0.656. The van der Waals surface area contributed by atoms with E-state index in [2.05, 4.69) is 0 Å². The lowest BCUT2D eigenvalue weighted by atomic mass is 10.3. The zero-order valence-electron chi connectivity index (χ0n) is 10.2. The first kappa shape index (κ1) is 13.9. The van der Waals surface area contributed by atoms with Crippen LogP contribution in [0.25, 0.3) is 0 Å². The molecule has 0 spiro atoms. The molecule has 2 amide bonds. The molecule has 0 radical (unpaired) electrons. The van der Waals surface area contributed by atoms with Crippen LogP contribution in [0.15, 0.2) is 0 Å². The third kappa shape index (κ3) is 4.32. The van der Waals surface area contributed by atoms with Gasteiger partial charge in [0.1, 0.15) is 0 Å². The van der Waals surface area contributed by atoms with E-state index in [0.717, 1.165) is 0 Å². The van der Waals surface area contributed by atoms with E-state index in [9.17, 15) is 9.59 Å². The summed E-state index contributed by atoms with van der Waals surface area (Å²) in [5.41, 5.74) is 0. The molecule has 0 aromatic rings. The van der Waals surface area contributed by atoms with Gasteiger partial charge in [0, 0.05) is 39.5 Å². The predicted octanol–water partition coefficient (Wildman–Crippen LogP) is 1.11. The van der Waals surface area contributed by atoms with Gasteiger partial charge in [-0.05, 0) is 0 Å². The second kappa shape index (κ2) is 7.26. The van der Waals surface area contributed by atoms with Gasteiger partial charge in [-0.25, -0.2) is 0 Å². The van der Waals surface area contributed by atoms with Crippen molar-refractivity contribution in [2.24, 2.45) is 0 Å². The first-order valence-corrected chi connectivity index (χ1v) is 5.68. The zero-order chi connectivity index (χ0) is 11.8. The van der Waals surface area contributed by atoms with Crippen molar-refractivity contribution >= 4 is 11.8 Å². The minimum absolute atomic E-state index is 0.101. The molecule has 0 unspecified atom stereocenters. The van der Waals surface area contributed by atoms with Gasteiger partial charge in [0.05, 0.1) is 0 Å². The normalized spacial score (nSPS) is 15.5. The fraction of sp³-hybridized carbons (Fsp3) is 0.818. The van der Waals surface area contributed by atoms with Crippen molar-refractivity contribution < 1.29 is 9.59 Å². The molecule has 0 saturated carbocycles. The first-order chi connectivity index (χ1) is 7.15. The predicted molar refractivity (Wildman–Crippen MR) is 60.5 cm³/mol. The molecule has 0 bridgehead atoms. The number of hydrogen-bond acceptors (Lipinski definition) is 2. The van der Waals surface area contributed by atoms with E-state index in [0.29, 0.717) is 32.6 Å². The van der Waals surface area contributed by atoms with Gasteiger partial charge in [-0.1, -0.05) is 20.8 Å². The van der Waals surface area contributed by atoms with E-state index < -0.39 is 0 Å². The van der Waals surface area contributed by atoms with Crippen LogP contribution in [-0.4, -0.2) is 47.8 Å². The maximum absolute atomic E-state index is 11.3. The molecule has 1 saturated heterocycles. The van der Waals surface area contributed by atoms with Gasteiger partial charge in [0.2, 0.25) is 11.8 Å². The van der Waals surface area contributed by atoms with Crippen molar-refractivity contribution in [2.75, 3.05) is 26.2 Å². The van der Waals surface area contributed by atoms with Crippen LogP contribution in [0.2, 0.25) is 0 Å². The Balaban J connectivity index is 0.000000921. The molecule has 0 aromatic carbocycles. The summed E-state index contributed by atoms with van der Waals surface area (Å²) in [6.07, 6.45) is 0.556. The minimum atomic E-state index is 0.101. The van der Waals surface area contributed by atoms with Crippen LogP contribution in [0, 0.1) is 0 Å². The second-order valence-corrected chi connectivity index (χ2v) is 3.24. The Kier molecular flexibility index (Phi) is 6.75. The molecule has 0 atom stereocenters. The van der Waals surface area contributed by atoms with Crippen LogP contribution in [-0.2, 0) is 9.59 Å². The minimum Gasteiger partial charge on any atom is -0.339 e. The highest BCUT2D eigenvalue weighted by Gasteiger charge is 2.20. The van der Waals surface area contributed by atoms with Crippen LogP contribution in [0.4, 0.5) is 0 Å². The topological polar surface area (TPSA) is 40.6 Å². The maximum atomic E-state index is 11.3. The molecule has 1 heterocycles. The lowest BCUT2D eigenvalue weighted by molar-refractivity contribution is -0.138. The Bertz CT molecular complexity index is 209. The van der Waals surface area contributed by atoms with Gasteiger partial charge in [0.25, 0.3) is 0 Å². The molecule has 15 heavy (non-hydrogen) atoms. The Hall–Kier alpha value is -1.06. The molecular weight excluding hydrogens is 192 g/mol. The van der Waals surface area contributed by atoms with Crippen LogP contribution in [0.5, 0.6) is 0 Å². The van der Waals surface area contributed by atoms with E-state index in [4.69, 9.17) is 0 Å². The monoisotopic (exact) mass is 214 g/mol. The SMILES string of the molecule is CC.CCC(=O)N1CCN(C(C)=O)CC1. The van der Waals surface area contributed by atoms with Gasteiger partial charge in [-0.3, -0.25) is 9.59 Å². The summed E-state index contributed by atoms with van der Waals surface area (Å²) < 4.78 is 0. The molecule has 1 rings (SSSR count). The second-order valence-electron chi connectivity index (χ2n) is 3.24. The Morgan fingerprint density at radius 3 is 1.73 bits per heavy atom. The third-order valence-corrected chi connectivity index (χ3v) is 2.38. The summed E-state index contributed by atoms with van der Waals surface area (Å²) in [4.78, 5) is 25.8. The van der Waals surface area contributed by atoms with Gasteiger partial charge >= 0.3 is 0 Å². The van der Waals surface area contributed by atoms with E-state index in [-0.39, 0.29) is 11.8 Å². The summed E-state index contributed by atoms with van der Waals surface area (Å²) in [7, 11) is 0. The molecule has 0 aliphatic carbocycles. The summed E-state index contributed by atoms with van der Waals surface area (Å²) in [6.45, 7) is 10.2. The van der Waals surface area contributed by atoms with Crippen molar-refractivity contribution in [3.8, 4) is 0 Å². The van der Waals surface area contributed by atoms with Crippen molar-refractivity contribution in [3.63, 3.8) is 0 Å². The standard InChI is InChI=1S/C9H16N2O2.C2H6/c1-3-9(13)11-6-4-10(5-7-11)8(2)12;1-2/h3-7H2,1-2H3;1-2H3. The van der Waals surface area contributed by atoms with E-state index in [1.807, 2.05) is 25.7 Å². The number of rotatable bonds is 1. The molecule has 4 nitrogen and oxygen atoms in total. The highest BCUT2D eigenvalue weighted by Crippen LogP contribution is 2.03.